The Bertz CT molecular complexity index is 609. The highest BCUT2D eigenvalue weighted by atomic mass is 19.2. The molecule has 1 N–H and O–H groups in total. The molecule has 2 aromatic carbocycles. The van der Waals surface area contributed by atoms with Gasteiger partial charge in [-0.15, -0.1) is 0 Å². The molecular formula is C16H16F3N. The zero-order chi connectivity index (χ0) is 14.7. The first-order valence-corrected chi connectivity index (χ1v) is 6.45. The summed E-state index contributed by atoms with van der Waals surface area (Å²) in [5.74, 6) is -2.22. The van der Waals surface area contributed by atoms with Crippen molar-refractivity contribution in [2.45, 2.75) is 26.4 Å². The van der Waals surface area contributed by atoms with E-state index in [1.165, 1.54) is 30.3 Å². The van der Waals surface area contributed by atoms with Crippen molar-refractivity contribution < 1.29 is 13.2 Å². The number of rotatable bonds is 4. The zero-order valence-electron chi connectivity index (χ0n) is 11.4. The minimum Gasteiger partial charge on any atom is -0.310 e. The Labute approximate surface area is 116 Å². The van der Waals surface area contributed by atoms with Crippen LogP contribution < -0.4 is 5.32 Å². The highest BCUT2D eigenvalue weighted by Gasteiger charge is 2.14. The first-order valence-electron chi connectivity index (χ1n) is 6.45. The minimum absolute atomic E-state index is 0.144. The fourth-order valence-corrected chi connectivity index (χ4v) is 2.00. The topological polar surface area (TPSA) is 12.0 Å². The molecule has 0 fully saturated rings. The standard InChI is InChI=1S/C16H16F3N/c1-10(2)20-9-11-8-12(17)6-7-13(11)14-4-3-5-15(18)16(14)19/h3-8,10,20H,9H2,1-2H3. The van der Waals surface area contributed by atoms with E-state index in [-0.39, 0.29) is 11.6 Å². The lowest BCUT2D eigenvalue weighted by Gasteiger charge is -2.14. The summed E-state index contributed by atoms with van der Waals surface area (Å²) in [5.41, 5.74) is 1.24. The van der Waals surface area contributed by atoms with Crippen molar-refractivity contribution in [2.75, 3.05) is 0 Å². The minimum atomic E-state index is -0.912. The summed E-state index contributed by atoms with van der Waals surface area (Å²) in [6.45, 7) is 4.31. The van der Waals surface area contributed by atoms with Crippen LogP contribution in [0, 0.1) is 17.5 Å². The third-order valence-electron chi connectivity index (χ3n) is 3.01. The van der Waals surface area contributed by atoms with Crippen LogP contribution in [-0.2, 0) is 6.54 Å². The molecule has 2 aromatic rings. The van der Waals surface area contributed by atoms with Gasteiger partial charge in [-0.2, -0.15) is 0 Å². The van der Waals surface area contributed by atoms with E-state index in [1.54, 1.807) is 0 Å². The summed E-state index contributed by atoms with van der Waals surface area (Å²) in [6, 6.07) is 8.27. The maximum absolute atomic E-state index is 13.9. The molecule has 1 nitrogen and oxygen atoms in total. The summed E-state index contributed by atoms with van der Waals surface area (Å²) in [4.78, 5) is 0. The molecule has 0 spiro atoms. The molecule has 0 aliphatic heterocycles. The van der Waals surface area contributed by atoms with Crippen molar-refractivity contribution in [2.24, 2.45) is 0 Å². The second-order valence-corrected chi connectivity index (χ2v) is 4.94. The van der Waals surface area contributed by atoms with Crippen LogP contribution in [0.4, 0.5) is 13.2 Å². The quantitative estimate of drug-likeness (QED) is 0.881. The summed E-state index contributed by atoms with van der Waals surface area (Å²) in [6.07, 6.45) is 0. The Morgan fingerprint density at radius 1 is 1.00 bits per heavy atom. The molecule has 0 amide bonds. The first kappa shape index (κ1) is 14.6. The Morgan fingerprint density at radius 3 is 2.45 bits per heavy atom. The third kappa shape index (κ3) is 3.20. The lowest BCUT2D eigenvalue weighted by Crippen LogP contribution is -2.22. The van der Waals surface area contributed by atoms with Gasteiger partial charge in [0.1, 0.15) is 5.82 Å². The Morgan fingerprint density at radius 2 is 1.75 bits per heavy atom. The van der Waals surface area contributed by atoms with Gasteiger partial charge in [0, 0.05) is 18.2 Å². The molecule has 0 heterocycles. The third-order valence-corrected chi connectivity index (χ3v) is 3.01. The first-order chi connectivity index (χ1) is 9.49. The Balaban J connectivity index is 2.47. The van der Waals surface area contributed by atoms with Crippen molar-refractivity contribution >= 4 is 0 Å². The van der Waals surface area contributed by atoms with Crippen LogP contribution in [0.25, 0.3) is 11.1 Å². The van der Waals surface area contributed by atoms with Crippen molar-refractivity contribution in [3.8, 4) is 11.1 Å². The molecule has 20 heavy (non-hydrogen) atoms. The molecule has 106 valence electrons. The monoisotopic (exact) mass is 279 g/mol. The van der Waals surface area contributed by atoms with Gasteiger partial charge in [0.25, 0.3) is 0 Å². The summed E-state index contributed by atoms with van der Waals surface area (Å²) >= 11 is 0. The van der Waals surface area contributed by atoms with E-state index in [4.69, 9.17) is 0 Å². The van der Waals surface area contributed by atoms with Crippen LogP contribution in [-0.4, -0.2) is 6.04 Å². The normalized spacial score (nSPS) is 11.1. The van der Waals surface area contributed by atoms with Gasteiger partial charge in [-0.1, -0.05) is 32.0 Å². The SMILES string of the molecule is CC(C)NCc1cc(F)ccc1-c1cccc(F)c1F. The van der Waals surface area contributed by atoms with Crippen molar-refractivity contribution in [3.05, 3.63) is 59.4 Å². The lowest BCUT2D eigenvalue weighted by molar-refractivity contribution is 0.511. The molecule has 0 aliphatic carbocycles. The van der Waals surface area contributed by atoms with E-state index in [1.807, 2.05) is 13.8 Å². The molecule has 0 saturated heterocycles. The van der Waals surface area contributed by atoms with Crippen LogP contribution in [0.2, 0.25) is 0 Å². The van der Waals surface area contributed by atoms with E-state index in [0.29, 0.717) is 17.7 Å². The zero-order valence-corrected chi connectivity index (χ0v) is 11.4. The summed E-state index contributed by atoms with van der Waals surface area (Å²) < 4.78 is 40.6. The van der Waals surface area contributed by atoms with Gasteiger partial charge in [-0.05, 0) is 29.3 Å². The molecule has 0 saturated carbocycles. The van der Waals surface area contributed by atoms with Crippen molar-refractivity contribution in [1.29, 1.82) is 0 Å². The maximum Gasteiger partial charge on any atom is 0.166 e. The van der Waals surface area contributed by atoms with Crippen LogP contribution in [0.3, 0.4) is 0 Å². The number of hydrogen-bond acceptors (Lipinski definition) is 1. The Kier molecular flexibility index (Phi) is 4.45. The molecule has 0 bridgehead atoms. The highest BCUT2D eigenvalue weighted by molar-refractivity contribution is 5.68. The summed E-state index contributed by atoms with van der Waals surface area (Å²) in [7, 11) is 0. The number of halogens is 3. The van der Waals surface area contributed by atoms with Crippen LogP contribution in [0.15, 0.2) is 36.4 Å². The average Bonchev–Trinajstić information content (AvgIpc) is 2.40. The average molecular weight is 279 g/mol. The van der Waals surface area contributed by atoms with Gasteiger partial charge in [0.05, 0.1) is 0 Å². The van der Waals surface area contributed by atoms with Gasteiger partial charge in [-0.3, -0.25) is 0 Å². The van der Waals surface area contributed by atoms with Gasteiger partial charge < -0.3 is 5.32 Å². The van der Waals surface area contributed by atoms with E-state index in [2.05, 4.69) is 5.32 Å². The predicted molar refractivity (Wildman–Crippen MR) is 73.7 cm³/mol. The molecule has 4 heteroatoms. The largest absolute Gasteiger partial charge is 0.310 e. The van der Waals surface area contributed by atoms with Crippen molar-refractivity contribution in [3.63, 3.8) is 0 Å². The molecule has 2 rings (SSSR count). The van der Waals surface area contributed by atoms with E-state index >= 15 is 0 Å². The van der Waals surface area contributed by atoms with Gasteiger partial charge in [0.2, 0.25) is 0 Å². The van der Waals surface area contributed by atoms with Gasteiger partial charge in [0.15, 0.2) is 11.6 Å². The molecule has 0 aliphatic rings. The number of benzene rings is 2. The number of nitrogens with one attached hydrogen (secondary N) is 1. The molecule has 0 unspecified atom stereocenters. The fourth-order valence-electron chi connectivity index (χ4n) is 2.00. The van der Waals surface area contributed by atoms with Gasteiger partial charge >= 0.3 is 0 Å². The molecule has 0 atom stereocenters. The van der Waals surface area contributed by atoms with Crippen LogP contribution in [0.1, 0.15) is 19.4 Å². The second-order valence-electron chi connectivity index (χ2n) is 4.94. The van der Waals surface area contributed by atoms with E-state index < -0.39 is 17.5 Å². The maximum atomic E-state index is 13.9. The number of hydrogen-bond donors (Lipinski definition) is 1. The second kappa shape index (κ2) is 6.09. The van der Waals surface area contributed by atoms with Crippen molar-refractivity contribution in [1.82, 2.24) is 5.32 Å². The molecular weight excluding hydrogens is 263 g/mol. The summed E-state index contributed by atoms with van der Waals surface area (Å²) in [5, 5.41) is 3.15. The predicted octanol–water partition coefficient (Wildman–Crippen LogP) is 4.27. The van der Waals surface area contributed by atoms with Gasteiger partial charge in [-0.25, -0.2) is 13.2 Å². The van der Waals surface area contributed by atoms with Crippen LogP contribution >= 0.6 is 0 Å². The fraction of sp³-hybridized carbons (Fsp3) is 0.250. The van der Waals surface area contributed by atoms with Crippen LogP contribution in [0.5, 0.6) is 0 Å². The van der Waals surface area contributed by atoms with E-state index in [0.717, 1.165) is 6.07 Å². The van der Waals surface area contributed by atoms with E-state index in [9.17, 15) is 13.2 Å². The Hall–Kier alpha value is -1.81. The smallest absolute Gasteiger partial charge is 0.166 e. The lowest BCUT2D eigenvalue weighted by atomic mass is 9.98. The highest BCUT2D eigenvalue weighted by Crippen LogP contribution is 2.28. The molecule has 0 radical (unpaired) electrons. The molecule has 0 aromatic heterocycles.